The van der Waals surface area contributed by atoms with Crippen LogP contribution in [0.2, 0.25) is 0 Å². The second kappa shape index (κ2) is 8.03. The summed E-state index contributed by atoms with van der Waals surface area (Å²) in [5.74, 6) is 1.30. The summed E-state index contributed by atoms with van der Waals surface area (Å²) < 4.78 is 7.47. The van der Waals surface area contributed by atoms with Crippen LogP contribution in [0, 0.1) is 0 Å². The van der Waals surface area contributed by atoms with Gasteiger partial charge in [0.05, 0.1) is 5.52 Å². The Morgan fingerprint density at radius 3 is 2.55 bits per heavy atom. The second-order valence-corrected chi connectivity index (χ2v) is 6.67. The normalized spacial score (nSPS) is 10.7. The summed E-state index contributed by atoms with van der Waals surface area (Å²) >= 11 is 0. The Hall–Kier alpha value is -4.59. The number of aromatic nitrogens is 5. The summed E-state index contributed by atoms with van der Waals surface area (Å²) in [5, 5.41) is 12.0. The number of carbonyl (C=O) groups is 1. The van der Waals surface area contributed by atoms with Crippen LogP contribution in [0.15, 0.2) is 91.5 Å². The highest BCUT2D eigenvalue weighted by molar-refractivity contribution is 6.04. The molecule has 8 heteroatoms. The number of benzene rings is 2. The first-order chi connectivity index (χ1) is 15.2. The van der Waals surface area contributed by atoms with Gasteiger partial charge in [-0.1, -0.05) is 24.3 Å². The van der Waals surface area contributed by atoms with E-state index < -0.39 is 0 Å². The van der Waals surface area contributed by atoms with Gasteiger partial charge in [-0.25, -0.2) is 9.97 Å². The fourth-order valence-corrected chi connectivity index (χ4v) is 3.01. The molecule has 0 saturated heterocycles. The molecule has 0 radical (unpaired) electrons. The van der Waals surface area contributed by atoms with Crippen LogP contribution < -0.4 is 10.1 Å². The maximum atomic E-state index is 12.5. The van der Waals surface area contributed by atoms with Crippen LogP contribution in [0.25, 0.3) is 16.7 Å². The molecule has 2 aromatic carbocycles. The fourth-order valence-electron chi connectivity index (χ4n) is 3.01. The minimum Gasteiger partial charge on any atom is -0.438 e. The molecule has 31 heavy (non-hydrogen) atoms. The molecular weight excluding hydrogens is 392 g/mol. The molecule has 0 aliphatic heterocycles. The number of hydrogen-bond donors (Lipinski definition) is 1. The summed E-state index contributed by atoms with van der Waals surface area (Å²) in [4.78, 5) is 20.9. The molecule has 1 amide bonds. The van der Waals surface area contributed by atoms with Crippen molar-refractivity contribution in [3.05, 3.63) is 97.2 Å². The highest BCUT2D eigenvalue weighted by atomic mass is 16.5. The SMILES string of the molecule is O=C(Nc1ccc(Oc2ccc(-n3ccnc3)nn2)cc1)c1ccc2ccccc2n1. The quantitative estimate of drug-likeness (QED) is 0.467. The van der Waals surface area contributed by atoms with E-state index >= 15 is 0 Å². The van der Waals surface area contributed by atoms with E-state index in [0.717, 1.165) is 10.9 Å². The zero-order valence-corrected chi connectivity index (χ0v) is 16.2. The molecule has 1 N–H and O–H groups in total. The number of nitrogens with one attached hydrogen (secondary N) is 1. The highest BCUT2D eigenvalue weighted by Crippen LogP contribution is 2.22. The van der Waals surface area contributed by atoms with E-state index in [1.54, 1.807) is 65.8 Å². The van der Waals surface area contributed by atoms with Gasteiger partial charge in [0.15, 0.2) is 5.82 Å². The molecule has 5 rings (SSSR count). The number of imidazole rings is 1. The lowest BCUT2D eigenvalue weighted by atomic mass is 10.2. The van der Waals surface area contributed by atoms with Crippen molar-refractivity contribution in [2.75, 3.05) is 5.32 Å². The number of amides is 1. The Kier molecular flexibility index (Phi) is 4.78. The van der Waals surface area contributed by atoms with Gasteiger partial charge in [-0.15, -0.1) is 10.2 Å². The van der Waals surface area contributed by atoms with Crippen LogP contribution in [0.1, 0.15) is 10.5 Å². The molecule has 0 aliphatic rings. The first kappa shape index (κ1) is 18.4. The summed E-state index contributed by atoms with van der Waals surface area (Å²) in [5.41, 5.74) is 1.76. The van der Waals surface area contributed by atoms with Gasteiger partial charge in [0.25, 0.3) is 5.91 Å². The smallest absolute Gasteiger partial charge is 0.274 e. The molecule has 0 unspecified atom stereocenters. The number of para-hydroxylation sites is 1. The van der Waals surface area contributed by atoms with E-state index in [1.165, 1.54) is 0 Å². The number of anilines is 1. The minimum atomic E-state index is -0.277. The lowest BCUT2D eigenvalue weighted by Gasteiger charge is -2.08. The maximum Gasteiger partial charge on any atom is 0.274 e. The molecule has 0 atom stereocenters. The summed E-state index contributed by atoms with van der Waals surface area (Å²) in [6.45, 7) is 0. The van der Waals surface area contributed by atoms with Crippen LogP contribution >= 0.6 is 0 Å². The lowest BCUT2D eigenvalue weighted by molar-refractivity contribution is 0.102. The third-order valence-electron chi connectivity index (χ3n) is 4.56. The molecule has 0 aliphatic carbocycles. The summed E-state index contributed by atoms with van der Waals surface area (Å²) in [6, 6.07) is 21.8. The first-order valence-electron chi connectivity index (χ1n) is 9.52. The maximum absolute atomic E-state index is 12.5. The average molecular weight is 408 g/mol. The molecule has 0 fully saturated rings. The van der Waals surface area contributed by atoms with Crippen molar-refractivity contribution in [1.82, 2.24) is 24.7 Å². The zero-order valence-electron chi connectivity index (χ0n) is 16.2. The van der Waals surface area contributed by atoms with Crippen molar-refractivity contribution in [1.29, 1.82) is 0 Å². The van der Waals surface area contributed by atoms with Gasteiger partial charge in [0.2, 0.25) is 5.88 Å². The number of ether oxygens (including phenoxy) is 1. The number of rotatable bonds is 5. The van der Waals surface area contributed by atoms with Gasteiger partial charge in [0, 0.05) is 29.5 Å². The topological polar surface area (TPSA) is 94.8 Å². The summed E-state index contributed by atoms with van der Waals surface area (Å²) in [6.07, 6.45) is 5.10. The predicted octanol–water partition coefficient (Wildman–Crippen LogP) is 4.26. The van der Waals surface area contributed by atoms with E-state index in [-0.39, 0.29) is 5.91 Å². The van der Waals surface area contributed by atoms with Crippen molar-refractivity contribution in [3.8, 4) is 17.4 Å². The number of carbonyl (C=O) groups excluding carboxylic acids is 1. The van der Waals surface area contributed by atoms with Crippen molar-refractivity contribution in [3.63, 3.8) is 0 Å². The fraction of sp³-hybridized carbons (Fsp3) is 0. The van der Waals surface area contributed by atoms with Crippen molar-refractivity contribution < 1.29 is 9.53 Å². The zero-order chi connectivity index (χ0) is 21.0. The van der Waals surface area contributed by atoms with E-state index in [4.69, 9.17) is 4.74 Å². The van der Waals surface area contributed by atoms with Gasteiger partial charge < -0.3 is 10.1 Å². The first-order valence-corrected chi connectivity index (χ1v) is 9.52. The van der Waals surface area contributed by atoms with Crippen molar-refractivity contribution >= 4 is 22.5 Å². The van der Waals surface area contributed by atoms with Crippen molar-refractivity contribution in [2.45, 2.75) is 0 Å². The predicted molar refractivity (Wildman–Crippen MR) is 115 cm³/mol. The van der Waals surface area contributed by atoms with Gasteiger partial charge in [-0.2, -0.15) is 0 Å². The van der Waals surface area contributed by atoms with E-state index in [9.17, 15) is 4.79 Å². The molecule has 3 aromatic heterocycles. The lowest BCUT2D eigenvalue weighted by Crippen LogP contribution is -2.13. The Morgan fingerprint density at radius 2 is 1.77 bits per heavy atom. The number of fused-ring (bicyclic) bond motifs is 1. The van der Waals surface area contributed by atoms with Crippen LogP contribution in [-0.4, -0.2) is 30.6 Å². The monoisotopic (exact) mass is 408 g/mol. The van der Waals surface area contributed by atoms with Crippen LogP contribution in [-0.2, 0) is 0 Å². The molecule has 0 spiro atoms. The van der Waals surface area contributed by atoms with Gasteiger partial charge in [-0.3, -0.25) is 9.36 Å². The van der Waals surface area contributed by atoms with E-state index in [1.807, 2.05) is 30.3 Å². The molecule has 0 saturated carbocycles. The standard InChI is InChI=1S/C23H16N6O2/c30-23(20-10-5-16-3-1-2-4-19(16)26-20)25-17-6-8-18(9-7-17)31-22-12-11-21(27-28-22)29-14-13-24-15-29/h1-15H,(H,25,30). The molecule has 8 nitrogen and oxygen atoms in total. The molecule has 150 valence electrons. The minimum absolute atomic E-state index is 0.277. The Labute approximate surface area is 177 Å². The molecule has 3 heterocycles. The van der Waals surface area contributed by atoms with Gasteiger partial charge in [-0.05, 0) is 42.5 Å². The Balaban J connectivity index is 1.24. The van der Waals surface area contributed by atoms with Gasteiger partial charge in [0.1, 0.15) is 17.8 Å². The Morgan fingerprint density at radius 1 is 0.903 bits per heavy atom. The largest absolute Gasteiger partial charge is 0.438 e. The second-order valence-electron chi connectivity index (χ2n) is 6.67. The molecule has 5 aromatic rings. The van der Waals surface area contributed by atoms with Crippen LogP contribution in [0.3, 0.4) is 0 Å². The summed E-state index contributed by atoms with van der Waals surface area (Å²) in [7, 11) is 0. The third-order valence-corrected chi connectivity index (χ3v) is 4.56. The van der Waals surface area contributed by atoms with Crippen molar-refractivity contribution in [2.24, 2.45) is 0 Å². The van der Waals surface area contributed by atoms with Crippen LogP contribution in [0.5, 0.6) is 11.6 Å². The third kappa shape index (κ3) is 4.08. The number of hydrogen-bond acceptors (Lipinski definition) is 6. The molecular formula is C23H16N6O2. The number of pyridine rings is 1. The molecule has 0 bridgehead atoms. The number of nitrogens with zero attached hydrogens (tertiary/aromatic N) is 5. The highest BCUT2D eigenvalue weighted by Gasteiger charge is 2.09. The van der Waals surface area contributed by atoms with Crippen LogP contribution in [0.4, 0.5) is 5.69 Å². The average Bonchev–Trinajstić information content (AvgIpc) is 3.35. The van der Waals surface area contributed by atoms with Gasteiger partial charge >= 0.3 is 0 Å². The van der Waals surface area contributed by atoms with E-state index in [0.29, 0.717) is 28.8 Å². The Bertz CT molecular complexity index is 1330. The van der Waals surface area contributed by atoms with E-state index in [2.05, 4.69) is 25.5 Å².